The van der Waals surface area contributed by atoms with E-state index in [4.69, 9.17) is 14.2 Å². The molecule has 0 radical (unpaired) electrons. The number of hydrogen-bond acceptors (Lipinski definition) is 6. The van der Waals surface area contributed by atoms with Crippen molar-refractivity contribution in [2.24, 2.45) is 0 Å². The van der Waals surface area contributed by atoms with Crippen LogP contribution in [-0.2, 0) is 9.59 Å². The summed E-state index contributed by atoms with van der Waals surface area (Å²) in [6, 6.07) is 10.8. The maximum absolute atomic E-state index is 13.0. The van der Waals surface area contributed by atoms with Crippen molar-refractivity contribution in [1.29, 1.82) is 0 Å². The van der Waals surface area contributed by atoms with Crippen LogP contribution in [0.25, 0.3) is 6.08 Å². The molecule has 1 saturated heterocycles. The Hall–Kier alpha value is -3.81. The van der Waals surface area contributed by atoms with Crippen LogP contribution in [-0.4, -0.2) is 38.2 Å². The van der Waals surface area contributed by atoms with Gasteiger partial charge in [0.25, 0.3) is 11.8 Å². The Bertz CT molecular complexity index is 1010. The van der Waals surface area contributed by atoms with Gasteiger partial charge in [-0.25, -0.2) is 9.69 Å². The summed E-state index contributed by atoms with van der Waals surface area (Å²) in [5.41, 5.74) is 0.716. The van der Waals surface area contributed by atoms with E-state index < -0.39 is 17.8 Å². The van der Waals surface area contributed by atoms with Gasteiger partial charge in [-0.1, -0.05) is 13.0 Å². The van der Waals surface area contributed by atoms with Gasteiger partial charge in [-0.3, -0.25) is 14.9 Å². The third-order valence-corrected chi connectivity index (χ3v) is 4.47. The van der Waals surface area contributed by atoms with Crippen LogP contribution in [0.15, 0.2) is 48.0 Å². The van der Waals surface area contributed by atoms with Gasteiger partial charge in [-0.15, -0.1) is 0 Å². The molecule has 1 aliphatic rings. The molecule has 1 aliphatic heterocycles. The predicted octanol–water partition coefficient (Wildman–Crippen LogP) is 3.55. The number of carbonyl (C=O) groups excluding carboxylic acids is 3. The van der Waals surface area contributed by atoms with Crippen molar-refractivity contribution in [3.05, 3.63) is 53.6 Å². The number of carbonyl (C=O) groups is 3. The molecular formula is C23H24N2O6. The second kappa shape index (κ2) is 9.80. The fourth-order valence-electron chi connectivity index (χ4n) is 3.02. The fourth-order valence-corrected chi connectivity index (χ4v) is 3.02. The molecule has 1 fully saturated rings. The minimum atomic E-state index is -0.806. The normalized spacial score (nSPS) is 15.1. The van der Waals surface area contributed by atoms with Crippen molar-refractivity contribution in [1.82, 2.24) is 5.32 Å². The molecule has 8 nitrogen and oxygen atoms in total. The largest absolute Gasteiger partial charge is 0.494 e. The maximum Gasteiger partial charge on any atom is 0.335 e. The summed E-state index contributed by atoms with van der Waals surface area (Å²) in [5, 5.41) is 2.21. The molecule has 1 N–H and O–H groups in total. The number of rotatable bonds is 8. The highest BCUT2D eigenvalue weighted by Crippen LogP contribution is 2.30. The van der Waals surface area contributed by atoms with Gasteiger partial charge in [0.15, 0.2) is 11.5 Å². The predicted molar refractivity (Wildman–Crippen MR) is 115 cm³/mol. The molecule has 8 heteroatoms. The number of imide groups is 2. The van der Waals surface area contributed by atoms with Crippen LogP contribution in [0.3, 0.4) is 0 Å². The number of barbiturate groups is 1. The molecule has 162 valence electrons. The number of hydrogen-bond donors (Lipinski definition) is 1. The topological polar surface area (TPSA) is 94.2 Å². The summed E-state index contributed by atoms with van der Waals surface area (Å²) in [6.07, 6.45) is 2.28. The molecule has 0 unspecified atom stereocenters. The quantitative estimate of drug-likeness (QED) is 0.515. The summed E-state index contributed by atoms with van der Waals surface area (Å²) >= 11 is 0. The molecule has 0 aromatic heterocycles. The lowest BCUT2D eigenvalue weighted by Crippen LogP contribution is -2.54. The number of nitrogens with one attached hydrogen (secondary N) is 1. The number of nitrogens with zero attached hydrogens (tertiary/aromatic N) is 1. The van der Waals surface area contributed by atoms with Crippen LogP contribution in [0.2, 0.25) is 0 Å². The minimum absolute atomic E-state index is 0.168. The van der Waals surface area contributed by atoms with Crippen molar-refractivity contribution in [2.75, 3.05) is 25.2 Å². The number of ether oxygens (including phenoxy) is 3. The number of amides is 4. The zero-order chi connectivity index (χ0) is 22.4. The van der Waals surface area contributed by atoms with Crippen LogP contribution >= 0.6 is 0 Å². The third kappa shape index (κ3) is 4.85. The summed E-state index contributed by atoms with van der Waals surface area (Å²) < 4.78 is 16.3. The van der Waals surface area contributed by atoms with E-state index in [2.05, 4.69) is 5.32 Å². The van der Waals surface area contributed by atoms with Gasteiger partial charge in [0.2, 0.25) is 0 Å². The number of methoxy groups -OCH3 is 1. The number of urea groups is 1. The first kappa shape index (κ1) is 21.9. The van der Waals surface area contributed by atoms with E-state index in [0.717, 1.165) is 11.3 Å². The van der Waals surface area contributed by atoms with E-state index in [1.54, 1.807) is 42.5 Å². The van der Waals surface area contributed by atoms with E-state index in [9.17, 15) is 14.4 Å². The van der Waals surface area contributed by atoms with Crippen molar-refractivity contribution < 1.29 is 28.6 Å². The molecule has 2 aromatic rings. The van der Waals surface area contributed by atoms with E-state index >= 15 is 0 Å². The van der Waals surface area contributed by atoms with E-state index in [0.29, 0.717) is 41.7 Å². The zero-order valence-electron chi connectivity index (χ0n) is 17.6. The Balaban J connectivity index is 1.91. The Morgan fingerprint density at radius 1 is 0.968 bits per heavy atom. The van der Waals surface area contributed by atoms with Gasteiger partial charge in [0.1, 0.15) is 11.3 Å². The van der Waals surface area contributed by atoms with E-state index in [1.165, 1.54) is 13.2 Å². The van der Waals surface area contributed by atoms with Crippen molar-refractivity contribution in [3.63, 3.8) is 0 Å². The standard InChI is InChI=1S/C23H24N2O6/c1-4-12-31-17-9-7-16(8-10-17)25-22(27)18(21(26)24-23(25)28)13-15-6-11-19(29-3)20(14-15)30-5-2/h6-11,13-14H,4-5,12H2,1-3H3,(H,24,26,28)/b18-13-. The van der Waals surface area contributed by atoms with Crippen molar-refractivity contribution >= 4 is 29.6 Å². The molecule has 2 aromatic carbocycles. The molecule has 0 aliphatic carbocycles. The summed E-state index contributed by atoms with van der Waals surface area (Å²) in [5.74, 6) is 0.168. The maximum atomic E-state index is 13.0. The molecule has 4 amide bonds. The highest BCUT2D eigenvalue weighted by atomic mass is 16.5. The van der Waals surface area contributed by atoms with Crippen LogP contribution in [0.4, 0.5) is 10.5 Å². The van der Waals surface area contributed by atoms with Crippen molar-refractivity contribution in [2.45, 2.75) is 20.3 Å². The molecule has 0 saturated carbocycles. The average molecular weight is 424 g/mol. The van der Waals surface area contributed by atoms with Crippen LogP contribution in [0, 0.1) is 0 Å². The number of benzene rings is 2. The van der Waals surface area contributed by atoms with Gasteiger partial charge in [-0.05, 0) is 61.4 Å². The molecule has 31 heavy (non-hydrogen) atoms. The second-order valence-electron chi connectivity index (χ2n) is 6.64. The van der Waals surface area contributed by atoms with Gasteiger partial charge in [0.05, 0.1) is 26.0 Å². The van der Waals surface area contributed by atoms with Crippen LogP contribution in [0.5, 0.6) is 17.2 Å². The molecule has 1 heterocycles. The zero-order valence-corrected chi connectivity index (χ0v) is 17.6. The smallest absolute Gasteiger partial charge is 0.335 e. The lowest BCUT2D eigenvalue weighted by Gasteiger charge is -2.26. The number of anilines is 1. The SMILES string of the molecule is CCCOc1ccc(N2C(=O)NC(=O)/C(=C/c3ccc(OC)c(OCC)c3)C2=O)cc1. The van der Waals surface area contributed by atoms with E-state index in [-0.39, 0.29) is 5.57 Å². The van der Waals surface area contributed by atoms with Gasteiger partial charge in [-0.2, -0.15) is 0 Å². The Morgan fingerprint density at radius 3 is 2.35 bits per heavy atom. The summed E-state index contributed by atoms with van der Waals surface area (Å²) in [6.45, 7) is 4.83. The monoisotopic (exact) mass is 424 g/mol. The third-order valence-electron chi connectivity index (χ3n) is 4.47. The first-order valence-corrected chi connectivity index (χ1v) is 9.93. The summed E-state index contributed by atoms with van der Waals surface area (Å²) in [4.78, 5) is 38.7. The van der Waals surface area contributed by atoms with Crippen LogP contribution < -0.4 is 24.4 Å². The highest BCUT2D eigenvalue weighted by Gasteiger charge is 2.36. The molecular weight excluding hydrogens is 400 g/mol. The lowest BCUT2D eigenvalue weighted by molar-refractivity contribution is -0.122. The molecule has 0 bridgehead atoms. The van der Waals surface area contributed by atoms with Gasteiger partial charge < -0.3 is 14.2 Å². The Labute approximate surface area is 180 Å². The van der Waals surface area contributed by atoms with Crippen LogP contribution in [0.1, 0.15) is 25.8 Å². The Morgan fingerprint density at radius 2 is 1.71 bits per heavy atom. The first-order valence-electron chi connectivity index (χ1n) is 9.93. The average Bonchev–Trinajstić information content (AvgIpc) is 2.76. The first-order chi connectivity index (χ1) is 15.0. The molecule has 3 rings (SSSR count). The lowest BCUT2D eigenvalue weighted by atomic mass is 10.1. The highest BCUT2D eigenvalue weighted by molar-refractivity contribution is 6.39. The van der Waals surface area contributed by atoms with E-state index in [1.807, 2.05) is 13.8 Å². The van der Waals surface area contributed by atoms with Gasteiger partial charge >= 0.3 is 6.03 Å². The van der Waals surface area contributed by atoms with Crippen molar-refractivity contribution in [3.8, 4) is 17.2 Å². The minimum Gasteiger partial charge on any atom is -0.494 e. The molecule has 0 atom stereocenters. The second-order valence-corrected chi connectivity index (χ2v) is 6.64. The van der Waals surface area contributed by atoms with Gasteiger partial charge in [0, 0.05) is 0 Å². The Kier molecular flexibility index (Phi) is 6.92. The molecule has 0 spiro atoms. The summed E-state index contributed by atoms with van der Waals surface area (Å²) in [7, 11) is 1.52. The fraction of sp³-hybridized carbons (Fsp3) is 0.261.